The quantitative estimate of drug-likeness (QED) is 0.486. The van der Waals surface area contributed by atoms with Gasteiger partial charge >= 0.3 is 19.5 Å². The van der Waals surface area contributed by atoms with Crippen molar-refractivity contribution in [3.63, 3.8) is 0 Å². The predicted octanol–water partition coefficient (Wildman–Crippen LogP) is -0.126. The maximum absolute atomic E-state index is 7.94. The van der Waals surface area contributed by atoms with E-state index >= 15 is 0 Å². The Bertz CT molecular complexity index is 6.00. The van der Waals surface area contributed by atoms with Crippen molar-refractivity contribution >= 4 is 0 Å². The van der Waals surface area contributed by atoms with Gasteiger partial charge in [0.05, 0.1) is 0 Å². The minimum absolute atomic E-state index is 0. The first-order valence-electron chi connectivity index (χ1n) is 0.136. The summed E-state index contributed by atoms with van der Waals surface area (Å²) in [4.78, 5) is 0. The van der Waals surface area contributed by atoms with Gasteiger partial charge in [0, 0.05) is 33.8 Å². The molecule has 0 aromatic rings. The summed E-state index contributed by atoms with van der Waals surface area (Å²) in [6.07, 6.45) is 0. The Morgan fingerprint density at radius 2 is 1.25 bits per heavy atom. The first kappa shape index (κ1) is 18.4. The van der Waals surface area contributed by atoms with Crippen LogP contribution in [0.5, 0.6) is 0 Å². The van der Waals surface area contributed by atoms with Gasteiger partial charge in [-0.3, -0.25) is 0 Å². The molecule has 0 bridgehead atoms. The standard InChI is InChI=1S/2Co.Fe.O. The second-order valence-electron chi connectivity index (χ2n) is 0. The molecule has 0 fully saturated rings. The van der Waals surface area contributed by atoms with Crippen molar-refractivity contribution in [3.05, 3.63) is 0 Å². The molecule has 0 aromatic carbocycles. The molecule has 0 amide bonds. The third kappa shape index (κ3) is 10.2. The third-order valence-electron chi connectivity index (χ3n) is 0. The van der Waals surface area contributed by atoms with E-state index in [4.69, 9.17) is 3.87 Å². The van der Waals surface area contributed by atoms with Gasteiger partial charge in [0.1, 0.15) is 0 Å². The second kappa shape index (κ2) is 27.1. The maximum atomic E-state index is 7.94. The number of hydrogen-bond acceptors (Lipinski definition) is 1. The Hall–Kier alpha value is 1.33. The molecule has 32 valence electrons. The minimum atomic E-state index is 0. The molecule has 0 aliphatic heterocycles. The van der Waals surface area contributed by atoms with Gasteiger partial charge in [-0.1, -0.05) is 0 Å². The molecule has 0 aromatic heterocycles. The molecule has 4 heavy (non-hydrogen) atoms. The van der Waals surface area contributed by atoms with Crippen LogP contribution in [0.1, 0.15) is 0 Å². The van der Waals surface area contributed by atoms with Gasteiger partial charge in [-0.2, -0.15) is 0 Å². The summed E-state index contributed by atoms with van der Waals surface area (Å²) in [5, 5.41) is 0. The van der Waals surface area contributed by atoms with E-state index in [2.05, 4.69) is 15.7 Å². The van der Waals surface area contributed by atoms with E-state index in [1.807, 2.05) is 0 Å². The molecular weight excluding hydrogens is 190 g/mol. The van der Waals surface area contributed by atoms with Gasteiger partial charge in [0.25, 0.3) is 0 Å². The first-order valence-corrected chi connectivity index (χ1v) is 0.561. The fraction of sp³-hybridized carbons (Fsp3) is 0. The Morgan fingerprint density at radius 3 is 1.25 bits per heavy atom. The summed E-state index contributed by atoms with van der Waals surface area (Å²) < 4.78 is 7.94. The SMILES string of the molecule is [Co].[Fe].[O]=[Co]. The van der Waals surface area contributed by atoms with Crippen LogP contribution in [0.2, 0.25) is 0 Å². The molecule has 0 atom stereocenters. The monoisotopic (exact) mass is 190 g/mol. The van der Waals surface area contributed by atoms with E-state index in [1.54, 1.807) is 0 Å². The van der Waals surface area contributed by atoms with E-state index < -0.39 is 0 Å². The van der Waals surface area contributed by atoms with Crippen LogP contribution in [0.15, 0.2) is 0 Å². The summed E-state index contributed by atoms with van der Waals surface area (Å²) >= 11 is 2.31. The second-order valence-corrected chi connectivity index (χ2v) is 0. The zero-order valence-corrected chi connectivity index (χ0v) is 4.61. The molecule has 0 saturated carbocycles. The van der Waals surface area contributed by atoms with Crippen molar-refractivity contribution in [2.45, 2.75) is 0 Å². The average Bonchev–Trinajstić information content (AvgIpc) is 1.00. The first-order chi connectivity index (χ1) is 1.00. The molecule has 4 heteroatoms. The average molecular weight is 190 g/mol. The van der Waals surface area contributed by atoms with Gasteiger partial charge < -0.3 is 0 Å². The van der Waals surface area contributed by atoms with Crippen molar-refractivity contribution in [2.24, 2.45) is 0 Å². The van der Waals surface area contributed by atoms with E-state index in [1.165, 1.54) is 0 Å². The van der Waals surface area contributed by atoms with Crippen LogP contribution < -0.4 is 0 Å². The van der Waals surface area contributed by atoms with E-state index in [0.29, 0.717) is 0 Å². The zero-order chi connectivity index (χ0) is 2.00. The fourth-order valence-electron chi connectivity index (χ4n) is 0. The van der Waals surface area contributed by atoms with E-state index in [-0.39, 0.29) is 33.8 Å². The number of hydrogen-bond donors (Lipinski definition) is 0. The normalized spacial score (nSPS) is 1.25. The molecule has 0 aliphatic rings. The fourth-order valence-corrected chi connectivity index (χ4v) is 0. The molecule has 0 aliphatic carbocycles. The molecule has 0 N–H and O–H groups in total. The van der Waals surface area contributed by atoms with Crippen LogP contribution in [-0.2, 0) is 53.4 Å². The van der Waals surface area contributed by atoms with Crippen molar-refractivity contribution in [1.29, 1.82) is 0 Å². The van der Waals surface area contributed by atoms with Crippen LogP contribution in [0.3, 0.4) is 0 Å². The van der Waals surface area contributed by atoms with Crippen molar-refractivity contribution in [3.8, 4) is 0 Å². The molecule has 0 saturated heterocycles. The Morgan fingerprint density at radius 1 is 1.25 bits per heavy atom. The van der Waals surface area contributed by atoms with Crippen LogP contribution in [-0.4, -0.2) is 0 Å². The Labute approximate surface area is 53.4 Å². The van der Waals surface area contributed by atoms with E-state index in [0.717, 1.165) is 0 Å². The van der Waals surface area contributed by atoms with E-state index in [9.17, 15) is 0 Å². The van der Waals surface area contributed by atoms with Crippen LogP contribution in [0, 0.1) is 0 Å². The van der Waals surface area contributed by atoms with Crippen LogP contribution >= 0.6 is 0 Å². The topological polar surface area (TPSA) is 17.1 Å². The summed E-state index contributed by atoms with van der Waals surface area (Å²) in [6.45, 7) is 0. The van der Waals surface area contributed by atoms with Gasteiger partial charge in [-0.05, 0) is 0 Å². The van der Waals surface area contributed by atoms with Crippen LogP contribution in [0.4, 0.5) is 0 Å². The Kier molecular flexibility index (Phi) is 125. The molecule has 0 rings (SSSR count). The summed E-state index contributed by atoms with van der Waals surface area (Å²) in [6, 6.07) is 0. The third-order valence-corrected chi connectivity index (χ3v) is 0. The molecule has 0 spiro atoms. The molecule has 1 nitrogen and oxygen atoms in total. The molecule has 0 unspecified atom stereocenters. The van der Waals surface area contributed by atoms with Crippen LogP contribution in [0.25, 0.3) is 0 Å². The summed E-state index contributed by atoms with van der Waals surface area (Å²) in [7, 11) is 0. The van der Waals surface area contributed by atoms with Gasteiger partial charge in [-0.15, -0.1) is 0 Å². The molecule has 0 heterocycles. The number of rotatable bonds is 0. The zero-order valence-electron chi connectivity index (χ0n) is 1.43. The van der Waals surface area contributed by atoms with Gasteiger partial charge in [0.2, 0.25) is 0 Å². The van der Waals surface area contributed by atoms with Crippen molar-refractivity contribution in [2.75, 3.05) is 0 Å². The molecule has 1 radical (unpaired) electrons. The summed E-state index contributed by atoms with van der Waals surface area (Å²) in [5.74, 6) is 0. The van der Waals surface area contributed by atoms with Gasteiger partial charge in [-0.25, -0.2) is 0 Å². The summed E-state index contributed by atoms with van der Waals surface area (Å²) in [5.41, 5.74) is 0. The molecular formula is Co2FeO. The Balaban J connectivity index is -0.00000000500. The van der Waals surface area contributed by atoms with Crippen molar-refractivity contribution in [1.82, 2.24) is 0 Å². The van der Waals surface area contributed by atoms with Gasteiger partial charge in [0.15, 0.2) is 0 Å². The predicted molar refractivity (Wildman–Crippen MR) is 0.686 cm³/mol. The van der Waals surface area contributed by atoms with Crippen molar-refractivity contribution < 1.29 is 53.4 Å².